The molecule has 178 valence electrons. The Balaban J connectivity index is 1.29. The van der Waals surface area contributed by atoms with Crippen LogP contribution >= 0.6 is 0 Å². The Morgan fingerprint density at radius 3 is 1.33 bits per heavy atom. The molecule has 0 aliphatic rings. The fraction of sp³-hybridized carbons (Fsp3) is 0.0833. The highest BCUT2D eigenvalue weighted by molar-refractivity contribution is 6.59. The monoisotopic (exact) mass is 480 g/mol. The van der Waals surface area contributed by atoms with Crippen LogP contribution in [0, 0.1) is 0 Å². The highest BCUT2D eigenvalue weighted by Crippen LogP contribution is 2.22. The predicted molar refractivity (Wildman–Crippen MR) is 135 cm³/mol. The van der Waals surface area contributed by atoms with Crippen molar-refractivity contribution < 1.29 is 20.1 Å². The van der Waals surface area contributed by atoms with Crippen molar-refractivity contribution in [2.45, 2.75) is 13.1 Å². The molecule has 0 saturated heterocycles. The molecule has 0 fully saturated rings. The second kappa shape index (κ2) is 10.3. The van der Waals surface area contributed by atoms with Crippen LogP contribution in [-0.4, -0.2) is 64.3 Å². The van der Waals surface area contributed by atoms with Crippen LogP contribution in [-0.2, 0) is 13.1 Å². The smallest absolute Gasteiger partial charge is 0.423 e. The van der Waals surface area contributed by atoms with E-state index in [1.54, 1.807) is 46.0 Å². The Labute approximate surface area is 207 Å². The third kappa shape index (κ3) is 5.11. The first-order chi connectivity index (χ1) is 17.5. The van der Waals surface area contributed by atoms with Gasteiger partial charge in [-0.15, -0.1) is 10.2 Å². The summed E-state index contributed by atoms with van der Waals surface area (Å²) in [5.41, 5.74) is 5.48. The molecule has 2 aromatic heterocycles. The fourth-order valence-corrected chi connectivity index (χ4v) is 4.04. The van der Waals surface area contributed by atoms with Gasteiger partial charge in [0.25, 0.3) is 0 Å². The van der Waals surface area contributed by atoms with Crippen molar-refractivity contribution >= 4 is 25.2 Å². The van der Waals surface area contributed by atoms with E-state index < -0.39 is 14.2 Å². The van der Waals surface area contributed by atoms with Gasteiger partial charge in [-0.2, -0.15) is 0 Å². The number of hydrogen-bond acceptors (Lipinski definition) is 8. The molecule has 12 heteroatoms. The van der Waals surface area contributed by atoms with E-state index in [-0.39, 0.29) is 0 Å². The predicted octanol–water partition coefficient (Wildman–Crippen LogP) is -0.340. The maximum absolute atomic E-state index is 9.57. The lowest BCUT2D eigenvalue weighted by molar-refractivity contribution is 0.424. The molecule has 5 rings (SSSR count). The third-order valence-electron chi connectivity index (χ3n) is 5.88. The third-order valence-corrected chi connectivity index (χ3v) is 5.88. The van der Waals surface area contributed by atoms with Gasteiger partial charge in [-0.1, -0.05) is 83.2 Å². The zero-order valence-corrected chi connectivity index (χ0v) is 19.1. The van der Waals surface area contributed by atoms with Gasteiger partial charge in [-0.3, -0.25) is 0 Å². The van der Waals surface area contributed by atoms with E-state index in [0.29, 0.717) is 35.4 Å². The van der Waals surface area contributed by atoms with Gasteiger partial charge in [0, 0.05) is 11.1 Å². The summed E-state index contributed by atoms with van der Waals surface area (Å²) in [5.74, 6) is 0. The average Bonchev–Trinajstić information content (AvgIpc) is 3.54. The standard InChI is InChI=1S/C24H22B2N6O4/c33-25(34)21-7-3-1-5-19(21)13-31-15-23(27-29-31)17-9-11-18(12-10-17)24-16-32(30-28-24)14-20-6-2-4-8-22(20)26(35)36/h1-12,15-16,33-36H,13-14H2. The molecule has 5 aromatic rings. The summed E-state index contributed by atoms with van der Waals surface area (Å²) in [6.45, 7) is 0.719. The second-order valence-electron chi connectivity index (χ2n) is 8.33. The first-order valence-electron chi connectivity index (χ1n) is 11.3. The van der Waals surface area contributed by atoms with Crippen molar-refractivity contribution in [2.24, 2.45) is 0 Å². The molecular formula is C24H22B2N6O4. The molecule has 0 spiro atoms. The lowest BCUT2D eigenvalue weighted by Crippen LogP contribution is -2.33. The molecule has 4 N–H and O–H groups in total. The van der Waals surface area contributed by atoms with Crippen LogP contribution in [0.15, 0.2) is 85.2 Å². The summed E-state index contributed by atoms with van der Waals surface area (Å²) < 4.78 is 3.30. The van der Waals surface area contributed by atoms with E-state index in [2.05, 4.69) is 20.6 Å². The van der Waals surface area contributed by atoms with Crippen LogP contribution in [0.3, 0.4) is 0 Å². The molecule has 0 amide bonds. The molecule has 2 heterocycles. The normalized spacial score (nSPS) is 11.0. The van der Waals surface area contributed by atoms with Crippen LogP contribution in [0.4, 0.5) is 0 Å². The van der Waals surface area contributed by atoms with Crippen molar-refractivity contribution in [1.29, 1.82) is 0 Å². The average molecular weight is 480 g/mol. The summed E-state index contributed by atoms with van der Waals surface area (Å²) in [6.07, 6.45) is 3.61. The minimum Gasteiger partial charge on any atom is -0.423 e. The molecule has 36 heavy (non-hydrogen) atoms. The fourth-order valence-electron chi connectivity index (χ4n) is 4.04. The van der Waals surface area contributed by atoms with Crippen molar-refractivity contribution in [3.63, 3.8) is 0 Å². The molecule has 3 aromatic carbocycles. The largest absolute Gasteiger partial charge is 0.488 e. The van der Waals surface area contributed by atoms with Gasteiger partial charge in [0.05, 0.1) is 25.5 Å². The lowest BCUT2D eigenvalue weighted by Gasteiger charge is -2.08. The van der Waals surface area contributed by atoms with Gasteiger partial charge in [0.2, 0.25) is 0 Å². The molecule has 0 radical (unpaired) electrons. The van der Waals surface area contributed by atoms with Crippen molar-refractivity contribution in [3.8, 4) is 22.5 Å². The molecule has 0 aliphatic heterocycles. The molecule has 0 saturated carbocycles. The van der Waals surface area contributed by atoms with Gasteiger partial charge in [-0.05, 0) is 22.1 Å². The van der Waals surface area contributed by atoms with Crippen molar-refractivity contribution in [1.82, 2.24) is 30.0 Å². The second-order valence-corrected chi connectivity index (χ2v) is 8.33. The van der Waals surface area contributed by atoms with Gasteiger partial charge in [0.1, 0.15) is 11.4 Å². The van der Waals surface area contributed by atoms with Crippen LogP contribution in [0.1, 0.15) is 11.1 Å². The number of benzene rings is 3. The first kappa shape index (κ1) is 23.6. The molecule has 0 atom stereocenters. The lowest BCUT2D eigenvalue weighted by atomic mass is 9.77. The molecule has 0 aliphatic carbocycles. The Kier molecular flexibility index (Phi) is 6.74. The zero-order chi connectivity index (χ0) is 25.1. The summed E-state index contributed by atoms with van der Waals surface area (Å²) >= 11 is 0. The SMILES string of the molecule is OB(O)c1ccccc1Cn1cc(-c2ccc(-c3cn(Cc4ccccc4B(O)O)nn3)cc2)nn1. The van der Waals surface area contributed by atoms with E-state index >= 15 is 0 Å². The Hall–Kier alpha value is -4.09. The van der Waals surface area contributed by atoms with E-state index in [9.17, 15) is 20.1 Å². The Morgan fingerprint density at radius 1 is 0.556 bits per heavy atom. The van der Waals surface area contributed by atoms with Crippen LogP contribution in [0.25, 0.3) is 22.5 Å². The summed E-state index contributed by atoms with van der Waals surface area (Å²) in [6, 6.07) is 21.8. The van der Waals surface area contributed by atoms with E-state index in [1.165, 1.54) is 0 Å². The molecular weight excluding hydrogens is 458 g/mol. The van der Waals surface area contributed by atoms with Crippen LogP contribution in [0.5, 0.6) is 0 Å². The van der Waals surface area contributed by atoms with E-state index in [1.807, 2.05) is 48.5 Å². The number of hydrogen-bond donors (Lipinski definition) is 4. The molecule has 0 unspecified atom stereocenters. The van der Waals surface area contributed by atoms with E-state index in [4.69, 9.17) is 0 Å². The number of rotatable bonds is 8. The minimum atomic E-state index is -1.55. The quantitative estimate of drug-likeness (QED) is 0.221. The number of aromatic nitrogens is 6. The van der Waals surface area contributed by atoms with Crippen molar-refractivity contribution in [2.75, 3.05) is 0 Å². The van der Waals surface area contributed by atoms with Gasteiger partial charge < -0.3 is 20.1 Å². The molecule has 10 nitrogen and oxygen atoms in total. The first-order valence-corrected chi connectivity index (χ1v) is 11.3. The van der Waals surface area contributed by atoms with Gasteiger partial charge in [0.15, 0.2) is 0 Å². The maximum atomic E-state index is 9.57. The van der Waals surface area contributed by atoms with E-state index in [0.717, 1.165) is 22.3 Å². The number of nitrogens with zero attached hydrogens (tertiary/aromatic N) is 6. The summed E-state index contributed by atoms with van der Waals surface area (Å²) in [4.78, 5) is 0. The zero-order valence-electron chi connectivity index (χ0n) is 19.1. The highest BCUT2D eigenvalue weighted by atomic mass is 16.4. The van der Waals surface area contributed by atoms with Crippen LogP contribution in [0.2, 0.25) is 0 Å². The van der Waals surface area contributed by atoms with Crippen molar-refractivity contribution in [3.05, 3.63) is 96.3 Å². The van der Waals surface area contributed by atoms with Gasteiger partial charge >= 0.3 is 14.2 Å². The maximum Gasteiger partial charge on any atom is 0.488 e. The topological polar surface area (TPSA) is 142 Å². The Bertz CT molecular complexity index is 1360. The summed E-state index contributed by atoms with van der Waals surface area (Å²) in [7, 11) is -3.10. The minimum absolute atomic E-state index is 0.360. The highest BCUT2D eigenvalue weighted by Gasteiger charge is 2.17. The molecule has 0 bridgehead atoms. The van der Waals surface area contributed by atoms with Gasteiger partial charge in [-0.25, -0.2) is 9.36 Å². The summed E-state index contributed by atoms with van der Waals surface area (Å²) in [5, 5.41) is 55.1. The Morgan fingerprint density at radius 2 is 0.944 bits per heavy atom. The van der Waals surface area contributed by atoms with Crippen LogP contribution < -0.4 is 10.9 Å².